The zero-order chi connectivity index (χ0) is 24.2. The molecule has 33 heavy (non-hydrogen) atoms. The minimum atomic E-state index is -3.70. The number of hydrogen-bond donors (Lipinski definition) is 0. The number of ether oxygens (including phenoxy) is 3. The van der Waals surface area contributed by atoms with Crippen molar-refractivity contribution in [3.05, 3.63) is 59.9 Å². The van der Waals surface area contributed by atoms with Crippen LogP contribution in [0, 0.1) is 11.6 Å². The first-order chi connectivity index (χ1) is 15.5. The number of benzene rings is 2. The first-order valence-electron chi connectivity index (χ1n) is 9.24. The van der Waals surface area contributed by atoms with Crippen molar-refractivity contribution >= 4 is 21.7 Å². The SMILES string of the molecule is CS(=O)(=O)OCCOc1ccc(N2CC=C(Oc3ccc(F)c(F)c3)C2=O)cc1OC(F)F. The molecule has 0 fully saturated rings. The molecular weight excluding hydrogens is 474 g/mol. The van der Waals surface area contributed by atoms with Crippen molar-refractivity contribution in [3.8, 4) is 17.2 Å². The molecule has 0 aliphatic carbocycles. The second kappa shape index (κ2) is 10.1. The lowest BCUT2D eigenvalue weighted by Gasteiger charge is -2.19. The summed E-state index contributed by atoms with van der Waals surface area (Å²) >= 11 is 0. The summed E-state index contributed by atoms with van der Waals surface area (Å²) in [4.78, 5) is 13.8. The molecule has 2 aromatic carbocycles. The third-order valence-electron chi connectivity index (χ3n) is 4.13. The van der Waals surface area contributed by atoms with Gasteiger partial charge in [-0.2, -0.15) is 17.2 Å². The summed E-state index contributed by atoms with van der Waals surface area (Å²) in [7, 11) is -3.70. The van der Waals surface area contributed by atoms with E-state index in [4.69, 9.17) is 9.47 Å². The van der Waals surface area contributed by atoms with Crippen LogP contribution in [0.5, 0.6) is 17.2 Å². The summed E-state index contributed by atoms with van der Waals surface area (Å²) in [5.74, 6) is -3.68. The van der Waals surface area contributed by atoms with Gasteiger partial charge in [0.25, 0.3) is 16.0 Å². The van der Waals surface area contributed by atoms with Gasteiger partial charge in [0.15, 0.2) is 28.9 Å². The zero-order valence-corrected chi connectivity index (χ0v) is 17.8. The highest BCUT2D eigenvalue weighted by Gasteiger charge is 2.28. The molecule has 178 valence electrons. The zero-order valence-electron chi connectivity index (χ0n) is 17.0. The Hall–Kier alpha value is -3.32. The lowest BCUT2D eigenvalue weighted by atomic mass is 10.2. The topological polar surface area (TPSA) is 91.4 Å². The van der Waals surface area contributed by atoms with E-state index in [-0.39, 0.29) is 42.7 Å². The molecule has 2 aromatic rings. The molecule has 0 aromatic heterocycles. The van der Waals surface area contributed by atoms with Crippen molar-refractivity contribution in [2.45, 2.75) is 6.61 Å². The smallest absolute Gasteiger partial charge is 0.387 e. The van der Waals surface area contributed by atoms with E-state index in [0.717, 1.165) is 30.5 Å². The van der Waals surface area contributed by atoms with E-state index in [0.29, 0.717) is 0 Å². The molecule has 1 aliphatic heterocycles. The van der Waals surface area contributed by atoms with Gasteiger partial charge in [-0.1, -0.05) is 0 Å². The van der Waals surface area contributed by atoms with Crippen LogP contribution in [0.2, 0.25) is 0 Å². The fourth-order valence-corrected chi connectivity index (χ4v) is 3.13. The van der Waals surface area contributed by atoms with E-state index >= 15 is 0 Å². The Labute approximate surface area is 186 Å². The third kappa shape index (κ3) is 6.58. The predicted octanol–water partition coefficient (Wildman–Crippen LogP) is 3.23. The van der Waals surface area contributed by atoms with E-state index < -0.39 is 40.0 Å². The summed E-state index contributed by atoms with van der Waals surface area (Å²) in [6.45, 7) is -3.82. The van der Waals surface area contributed by atoms with Crippen molar-refractivity contribution in [2.24, 2.45) is 0 Å². The van der Waals surface area contributed by atoms with Gasteiger partial charge in [-0.15, -0.1) is 0 Å². The molecule has 13 heteroatoms. The van der Waals surface area contributed by atoms with E-state index in [1.54, 1.807) is 0 Å². The number of alkyl halides is 2. The van der Waals surface area contributed by atoms with Crippen LogP contribution >= 0.6 is 0 Å². The molecular formula is C20H17F4NO7S. The van der Waals surface area contributed by atoms with Crippen LogP contribution in [0.1, 0.15) is 0 Å². The van der Waals surface area contributed by atoms with Gasteiger partial charge < -0.3 is 19.1 Å². The monoisotopic (exact) mass is 491 g/mol. The summed E-state index contributed by atoms with van der Waals surface area (Å²) < 4.78 is 93.5. The van der Waals surface area contributed by atoms with Crippen LogP contribution in [0.15, 0.2) is 48.2 Å². The number of anilines is 1. The molecule has 0 bridgehead atoms. The van der Waals surface area contributed by atoms with Gasteiger partial charge >= 0.3 is 6.61 Å². The average molecular weight is 491 g/mol. The minimum absolute atomic E-state index is 0.00830. The maximum atomic E-state index is 13.4. The molecule has 0 N–H and O–H groups in total. The fraction of sp³-hybridized carbons (Fsp3) is 0.250. The number of rotatable bonds is 10. The Morgan fingerprint density at radius 3 is 2.45 bits per heavy atom. The van der Waals surface area contributed by atoms with E-state index in [9.17, 15) is 30.8 Å². The van der Waals surface area contributed by atoms with E-state index in [2.05, 4.69) is 8.92 Å². The Bertz CT molecular complexity index is 1170. The maximum Gasteiger partial charge on any atom is 0.387 e. The normalized spacial score (nSPS) is 13.9. The first kappa shape index (κ1) is 24.3. The largest absolute Gasteiger partial charge is 0.487 e. The molecule has 1 amide bonds. The molecule has 0 unspecified atom stereocenters. The van der Waals surface area contributed by atoms with Crippen LogP contribution in [-0.2, 0) is 19.1 Å². The molecule has 1 aliphatic rings. The van der Waals surface area contributed by atoms with Crippen molar-refractivity contribution < 1.29 is 49.2 Å². The molecule has 0 saturated heterocycles. The summed E-state index contributed by atoms with van der Waals surface area (Å²) in [5, 5.41) is 0. The molecule has 1 heterocycles. The van der Waals surface area contributed by atoms with Crippen LogP contribution < -0.4 is 19.1 Å². The number of halogens is 4. The Kier molecular flexibility index (Phi) is 7.43. The Balaban J connectivity index is 1.71. The molecule has 8 nitrogen and oxygen atoms in total. The molecule has 0 saturated carbocycles. The third-order valence-corrected chi connectivity index (χ3v) is 4.72. The Morgan fingerprint density at radius 1 is 1.03 bits per heavy atom. The molecule has 0 radical (unpaired) electrons. The number of amides is 1. The molecule has 0 spiro atoms. The van der Waals surface area contributed by atoms with Crippen LogP contribution in [-0.4, -0.2) is 47.0 Å². The number of carbonyl (C=O) groups excluding carboxylic acids is 1. The second-order valence-electron chi connectivity index (χ2n) is 6.55. The first-order valence-corrected chi connectivity index (χ1v) is 11.1. The van der Waals surface area contributed by atoms with Gasteiger partial charge in [-0.25, -0.2) is 8.78 Å². The highest BCUT2D eigenvalue weighted by atomic mass is 32.2. The van der Waals surface area contributed by atoms with Crippen LogP contribution in [0.25, 0.3) is 0 Å². The van der Waals surface area contributed by atoms with Gasteiger partial charge in [0.2, 0.25) is 0 Å². The highest BCUT2D eigenvalue weighted by molar-refractivity contribution is 7.85. The molecule has 0 atom stereocenters. The number of carbonyl (C=O) groups is 1. The quantitative estimate of drug-likeness (QED) is 0.286. The van der Waals surface area contributed by atoms with Crippen molar-refractivity contribution in [1.82, 2.24) is 0 Å². The van der Waals surface area contributed by atoms with Crippen molar-refractivity contribution in [2.75, 3.05) is 30.9 Å². The molecule has 3 rings (SSSR count). The number of hydrogen-bond acceptors (Lipinski definition) is 7. The van der Waals surface area contributed by atoms with Gasteiger partial charge in [-0.3, -0.25) is 8.98 Å². The van der Waals surface area contributed by atoms with Crippen LogP contribution in [0.3, 0.4) is 0 Å². The van der Waals surface area contributed by atoms with E-state index in [1.807, 2.05) is 0 Å². The van der Waals surface area contributed by atoms with Gasteiger partial charge in [0.05, 0.1) is 6.26 Å². The van der Waals surface area contributed by atoms with E-state index in [1.165, 1.54) is 23.1 Å². The second-order valence-corrected chi connectivity index (χ2v) is 8.19. The Morgan fingerprint density at radius 2 is 1.79 bits per heavy atom. The standard InChI is InChI=1S/C20H17F4NO7S/c1-33(27,28)30-9-8-29-16-5-2-12(10-18(16)32-20(23)24)25-7-6-17(19(25)26)31-13-3-4-14(21)15(22)11-13/h2-6,10-11,20H,7-9H2,1H3. The van der Waals surface area contributed by atoms with Gasteiger partial charge in [0, 0.05) is 24.4 Å². The fourth-order valence-electron chi connectivity index (χ4n) is 2.76. The minimum Gasteiger partial charge on any atom is -0.487 e. The van der Waals surface area contributed by atoms with Gasteiger partial charge in [-0.05, 0) is 30.3 Å². The van der Waals surface area contributed by atoms with Crippen molar-refractivity contribution in [1.29, 1.82) is 0 Å². The summed E-state index contributed by atoms with van der Waals surface area (Å²) in [6.07, 6.45) is 2.23. The highest BCUT2D eigenvalue weighted by Crippen LogP contribution is 2.35. The summed E-state index contributed by atoms with van der Waals surface area (Å²) in [6, 6.07) is 6.54. The number of nitrogens with zero attached hydrogens (tertiary/aromatic N) is 1. The van der Waals surface area contributed by atoms with Gasteiger partial charge in [0.1, 0.15) is 19.0 Å². The lowest BCUT2D eigenvalue weighted by molar-refractivity contribution is -0.116. The predicted molar refractivity (Wildman–Crippen MR) is 107 cm³/mol. The van der Waals surface area contributed by atoms with Crippen LogP contribution in [0.4, 0.5) is 23.2 Å². The maximum absolute atomic E-state index is 13.4. The summed E-state index contributed by atoms with van der Waals surface area (Å²) in [5.41, 5.74) is 0.163. The lowest BCUT2D eigenvalue weighted by Crippen LogP contribution is -2.27. The van der Waals surface area contributed by atoms with Crippen molar-refractivity contribution in [3.63, 3.8) is 0 Å². The average Bonchev–Trinajstić information content (AvgIpc) is 3.08.